The smallest absolute Gasteiger partial charge is 0.127 e. The SMILES string of the molecule is Fc1ccc(CNCc2cc(Br)ccc2F)cc1. The van der Waals surface area contributed by atoms with Crippen molar-refractivity contribution in [1.82, 2.24) is 5.32 Å². The lowest BCUT2D eigenvalue weighted by molar-refractivity contribution is 0.587. The molecule has 1 nitrogen and oxygen atoms in total. The van der Waals surface area contributed by atoms with E-state index in [-0.39, 0.29) is 11.6 Å². The summed E-state index contributed by atoms with van der Waals surface area (Å²) in [4.78, 5) is 0. The minimum atomic E-state index is -0.253. The maximum absolute atomic E-state index is 13.4. The molecule has 2 aromatic carbocycles. The van der Waals surface area contributed by atoms with Gasteiger partial charge in [0, 0.05) is 23.1 Å². The van der Waals surface area contributed by atoms with Gasteiger partial charge in [0.15, 0.2) is 0 Å². The largest absolute Gasteiger partial charge is 0.309 e. The first-order valence-corrected chi connectivity index (χ1v) is 6.33. The van der Waals surface area contributed by atoms with Gasteiger partial charge in [-0.1, -0.05) is 28.1 Å². The van der Waals surface area contributed by atoms with Crippen LogP contribution in [0.5, 0.6) is 0 Å². The third kappa shape index (κ3) is 3.62. The molecule has 0 atom stereocenters. The molecule has 94 valence electrons. The maximum Gasteiger partial charge on any atom is 0.127 e. The highest BCUT2D eigenvalue weighted by Crippen LogP contribution is 2.15. The summed E-state index contributed by atoms with van der Waals surface area (Å²) >= 11 is 3.30. The number of hydrogen-bond donors (Lipinski definition) is 1. The van der Waals surface area contributed by atoms with Gasteiger partial charge in [-0.05, 0) is 35.9 Å². The molecular formula is C14H12BrF2N. The molecule has 0 bridgehead atoms. The quantitative estimate of drug-likeness (QED) is 0.899. The topological polar surface area (TPSA) is 12.0 Å². The third-order valence-electron chi connectivity index (χ3n) is 2.57. The van der Waals surface area contributed by atoms with Crippen LogP contribution in [-0.4, -0.2) is 0 Å². The Kier molecular flexibility index (Phi) is 4.44. The summed E-state index contributed by atoms with van der Waals surface area (Å²) in [6, 6.07) is 11.1. The van der Waals surface area contributed by atoms with E-state index in [0.29, 0.717) is 18.7 Å². The van der Waals surface area contributed by atoms with E-state index in [1.807, 2.05) is 0 Å². The number of halogens is 3. The van der Waals surface area contributed by atoms with E-state index < -0.39 is 0 Å². The first kappa shape index (κ1) is 13.2. The Morgan fingerprint density at radius 3 is 2.39 bits per heavy atom. The van der Waals surface area contributed by atoms with Crippen molar-refractivity contribution in [1.29, 1.82) is 0 Å². The Labute approximate surface area is 113 Å². The van der Waals surface area contributed by atoms with Gasteiger partial charge in [0.25, 0.3) is 0 Å². The molecule has 0 unspecified atom stereocenters. The van der Waals surface area contributed by atoms with Crippen LogP contribution in [0.3, 0.4) is 0 Å². The fourth-order valence-corrected chi connectivity index (χ4v) is 2.03. The minimum Gasteiger partial charge on any atom is -0.309 e. The minimum absolute atomic E-state index is 0.232. The Morgan fingerprint density at radius 2 is 1.67 bits per heavy atom. The third-order valence-corrected chi connectivity index (χ3v) is 3.06. The molecule has 0 heterocycles. The van der Waals surface area contributed by atoms with Gasteiger partial charge in [-0.25, -0.2) is 8.78 Å². The summed E-state index contributed by atoms with van der Waals surface area (Å²) in [5.74, 6) is -0.485. The molecule has 2 aromatic rings. The highest BCUT2D eigenvalue weighted by atomic mass is 79.9. The van der Waals surface area contributed by atoms with Crippen molar-refractivity contribution in [3.63, 3.8) is 0 Å². The van der Waals surface area contributed by atoms with Crippen molar-refractivity contribution in [2.45, 2.75) is 13.1 Å². The maximum atomic E-state index is 13.4. The molecule has 0 aliphatic heterocycles. The Morgan fingerprint density at radius 1 is 0.944 bits per heavy atom. The van der Waals surface area contributed by atoms with Gasteiger partial charge < -0.3 is 5.32 Å². The van der Waals surface area contributed by atoms with Crippen molar-refractivity contribution < 1.29 is 8.78 Å². The predicted octanol–water partition coefficient (Wildman–Crippen LogP) is 4.02. The Hall–Kier alpha value is -1.26. The lowest BCUT2D eigenvalue weighted by Crippen LogP contribution is -2.13. The van der Waals surface area contributed by atoms with Gasteiger partial charge >= 0.3 is 0 Å². The van der Waals surface area contributed by atoms with Gasteiger partial charge in [-0.2, -0.15) is 0 Å². The zero-order valence-electron chi connectivity index (χ0n) is 9.59. The average molecular weight is 312 g/mol. The highest BCUT2D eigenvalue weighted by molar-refractivity contribution is 9.10. The van der Waals surface area contributed by atoms with Crippen LogP contribution in [-0.2, 0) is 13.1 Å². The lowest BCUT2D eigenvalue weighted by atomic mass is 10.2. The number of rotatable bonds is 4. The van der Waals surface area contributed by atoms with Crippen molar-refractivity contribution >= 4 is 15.9 Å². The second-order valence-electron chi connectivity index (χ2n) is 3.97. The zero-order chi connectivity index (χ0) is 13.0. The standard InChI is InChI=1S/C14H12BrF2N/c15-12-3-6-14(17)11(7-12)9-18-8-10-1-4-13(16)5-2-10/h1-7,18H,8-9H2. The van der Waals surface area contributed by atoms with E-state index in [4.69, 9.17) is 0 Å². The molecule has 0 aromatic heterocycles. The van der Waals surface area contributed by atoms with E-state index >= 15 is 0 Å². The van der Waals surface area contributed by atoms with Crippen LogP contribution in [0.4, 0.5) is 8.78 Å². The monoisotopic (exact) mass is 311 g/mol. The van der Waals surface area contributed by atoms with E-state index in [2.05, 4.69) is 21.2 Å². The second kappa shape index (κ2) is 6.07. The summed E-state index contributed by atoms with van der Waals surface area (Å²) in [5, 5.41) is 3.12. The summed E-state index contributed by atoms with van der Waals surface area (Å²) < 4.78 is 27.0. The van der Waals surface area contributed by atoms with Gasteiger partial charge in [0.2, 0.25) is 0 Å². The van der Waals surface area contributed by atoms with Gasteiger partial charge in [0.05, 0.1) is 0 Å². The van der Waals surface area contributed by atoms with Gasteiger partial charge in [0.1, 0.15) is 11.6 Å². The summed E-state index contributed by atoms with van der Waals surface area (Å²) in [6.07, 6.45) is 0. The number of benzene rings is 2. The molecule has 0 spiro atoms. The summed E-state index contributed by atoms with van der Waals surface area (Å²) in [5.41, 5.74) is 1.57. The van der Waals surface area contributed by atoms with Crippen molar-refractivity contribution in [3.05, 3.63) is 69.7 Å². The summed E-state index contributed by atoms with van der Waals surface area (Å²) in [7, 11) is 0. The van der Waals surface area contributed by atoms with E-state index in [1.54, 1.807) is 24.3 Å². The molecule has 0 aliphatic rings. The van der Waals surface area contributed by atoms with Crippen LogP contribution in [0.15, 0.2) is 46.9 Å². The average Bonchev–Trinajstić information content (AvgIpc) is 2.36. The molecule has 18 heavy (non-hydrogen) atoms. The van der Waals surface area contributed by atoms with Crippen LogP contribution >= 0.6 is 15.9 Å². The molecule has 0 amide bonds. The molecule has 0 radical (unpaired) electrons. The first-order chi connectivity index (χ1) is 8.65. The predicted molar refractivity (Wildman–Crippen MR) is 71.0 cm³/mol. The van der Waals surface area contributed by atoms with Gasteiger partial charge in [-0.15, -0.1) is 0 Å². The molecule has 0 aliphatic carbocycles. The molecule has 0 saturated carbocycles. The van der Waals surface area contributed by atoms with Crippen LogP contribution in [0.1, 0.15) is 11.1 Å². The van der Waals surface area contributed by atoms with Crippen LogP contribution in [0, 0.1) is 11.6 Å². The fourth-order valence-electron chi connectivity index (χ4n) is 1.62. The van der Waals surface area contributed by atoms with Crippen molar-refractivity contribution in [3.8, 4) is 0 Å². The van der Waals surface area contributed by atoms with E-state index in [0.717, 1.165) is 10.0 Å². The number of nitrogens with one attached hydrogen (secondary N) is 1. The summed E-state index contributed by atoms with van der Waals surface area (Å²) in [6.45, 7) is 1.01. The van der Waals surface area contributed by atoms with Gasteiger partial charge in [-0.3, -0.25) is 0 Å². The molecular weight excluding hydrogens is 300 g/mol. The van der Waals surface area contributed by atoms with Crippen molar-refractivity contribution in [2.75, 3.05) is 0 Å². The molecule has 0 saturated heterocycles. The zero-order valence-corrected chi connectivity index (χ0v) is 11.2. The van der Waals surface area contributed by atoms with Crippen molar-refractivity contribution in [2.24, 2.45) is 0 Å². The molecule has 2 rings (SSSR count). The highest BCUT2D eigenvalue weighted by Gasteiger charge is 2.02. The Balaban J connectivity index is 1.92. The molecule has 4 heteroatoms. The molecule has 1 N–H and O–H groups in total. The Bertz CT molecular complexity index is 526. The second-order valence-corrected chi connectivity index (χ2v) is 4.88. The molecule has 0 fully saturated rings. The van der Waals surface area contributed by atoms with Crippen LogP contribution < -0.4 is 5.32 Å². The lowest BCUT2D eigenvalue weighted by Gasteiger charge is -2.06. The first-order valence-electron chi connectivity index (χ1n) is 5.54. The normalized spacial score (nSPS) is 10.6. The van der Waals surface area contributed by atoms with E-state index in [1.165, 1.54) is 18.2 Å². The number of hydrogen-bond acceptors (Lipinski definition) is 1. The van der Waals surface area contributed by atoms with E-state index in [9.17, 15) is 8.78 Å². The fraction of sp³-hybridized carbons (Fsp3) is 0.143. The van der Waals surface area contributed by atoms with Crippen LogP contribution in [0.2, 0.25) is 0 Å². The van der Waals surface area contributed by atoms with Crippen LogP contribution in [0.25, 0.3) is 0 Å².